The van der Waals surface area contributed by atoms with Crippen molar-refractivity contribution in [2.45, 2.75) is 30.5 Å². The van der Waals surface area contributed by atoms with E-state index in [-0.39, 0.29) is 10.5 Å². The van der Waals surface area contributed by atoms with Crippen LogP contribution in [0.15, 0.2) is 17.0 Å². The Hall–Kier alpha value is -0.750. The molecule has 0 unspecified atom stereocenters. The van der Waals surface area contributed by atoms with Crippen LogP contribution in [0.4, 0.5) is 17.6 Å². The van der Waals surface area contributed by atoms with Crippen LogP contribution in [0.2, 0.25) is 0 Å². The summed E-state index contributed by atoms with van der Waals surface area (Å²) < 4.78 is 51.6. The van der Waals surface area contributed by atoms with Gasteiger partial charge in [-0.3, -0.25) is 0 Å². The van der Waals surface area contributed by atoms with Gasteiger partial charge in [-0.05, 0) is 32.2 Å². The third kappa shape index (κ3) is 3.13. The fourth-order valence-electron chi connectivity index (χ4n) is 1.36. The summed E-state index contributed by atoms with van der Waals surface area (Å²) in [4.78, 5) is -0.128. The molecular formula is C11H12F4OS. The summed E-state index contributed by atoms with van der Waals surface area (Å²) in [5.74, 6) is -0.807. The molecule has 0 saturated carbocycles. The molecule has 0 fully saturated rings. The Morgan fingerprint density at radius 3 is 2.06 bits per heavy atom. The molecule has 1 aromatic carbocycles. The van der Waals surface area contributed by atoms with E-state index in [0.29, 0.717) is 6.07 Å². The first-order chi connectivity index (χ1) is 7.57. The van der Waals surface area contributed by atoms with Crippen LogP contribution in [-0.2, 0) is 11.8 Å². The summed E-state index contributed by atoms with van der Waals surface area (Å²) >= 11 is 0.870. The minimum atomic E-state index is -4.56. The van der Waals surface area contributed by atoms with Gasteiger partial charge in [-0.2, -0.15) is 13.2 Å². The Morgan fingerprint density at radius 1 is 1.18 bits per heavy atom. The lowest BCUT2D eigenvalue weighted by atomic mass is 9.95. The zero-order chi connectivity index (χ0) is 13.4. The van der Waals surface area contributed by atoms with Crippen molar-refractivity contribution >= 4 is 11.8 Å². The second-order valence-corrected chi connectivity index (χ2v) is 4.94. The van der Waals surface area contributed by atoms with E-state index in [2.05, 4.69) is 0 Å². The summed E-state index contributed by atoms with van der Waals surface area (Å²) in [6, 6.07) is 1.39. The summed E-state index contributed by atoms with van der Waals surface area (Å²) in [7, 11) is 0. The highest BCUT2D eigenvalue weighted by Crippen LogP contribution is 2.37. The number of hydrogen-bond acceptors (Lipinski definition) is 2. The molecule has 1 N–H and O–H groups in total. The van der Waals surface area contributed by atoms with E-state index >= 15 is 0 Å². The predicted molar refractivity (Wildman–Crippen MR) is 58.4 cm³/mol. The highest BCUT2D eigenvalue weighted by atomic mass is 32.2. The second-order valence-electron chi connectivity index (χ2n) is 4.10. The standard InChI is InChI=1S/C11H12F4OS/c1-10(2,16)7-4-6(11(13,14)15)5-8(17-3)9(7)12/h4-5,16H,1-3H3. The van der Waals surface area contributed by atoms with Crippen LogP contribution in [0.3, 0.4) is 0 Å². The fourth-order valence-corrected chi connectivity index (χ4v) is 1.89. The maximum Gasteiger partial charge on any atom is 0.416 e. The first-order valence-electron chi connectivity index (χ1n) is 4.75. The van der Waals surface area contributed by atoms with Gasteiger partial charge in [0.05, 0.1) is 11.2 Å². The monoisotopic (exact) mass is 268 g/mol. The van der Waals surface area contributed by atoms with Crippen molar-refractivity contribution in [3.05, 3.63) is 29.1 Å². The number of hydrogen-bond donors (Lipinski definition) is 1. The Labute approximate surface area is 101 Å². The molecule has 1 nitrogen and oxygen atoms in total. The third-order valence-corrected chi connectivity index (χ3v) is 2.98. The maximum atomic E-state index is 13.8. The maximum absolute atomic E-state index is 13.8. The van der Waals surface area contributed by atoms with Crippen LogP contribution in [-0.4, -0.2) is 11.4 Å². The van der Waals surface area contributed by atoms with Crippen molar-refractivity contribution < 1.29 is 22.7 Å². The lowest BCUT2D eigenvalue weighted by Gasteiger charge is -2.21. The quantitative estimate of drug-likeness (QED) is 0.650. The number of aliphatic hydroxyl groups is 1. The Balaban J connectivity index is 3.50. The van der Waals surface area contributed by atoms with Crippen molar-refractivity contribution in [1.82, 2.24) is 0 Å². The molecule has 0 spiro atoms. The molecule has 1 rings (SSSR count). The van der Waals surface area contributed by atoms with Gasteiger partial charge in [0, 0.05) is 10.5 Å². The van der Waals surface area contributed by atoms with Crippen molar-refractivity contribution in [1.29, 1.82) is 0 Å². The molecule has 0 heterocycles. The highest BCUT2D eigenvalue weighted by molar-refractivity contribution is 7.98. The van der Waals surface area contributed by atoms with E-state index in [1.807, 2.05) is 0 Å². The molecule has 6 heteroatoms. The van der Waals surface area contributed by atoms with Crippen molar-refractivity contribution in [3.8, 4) is 0 Å². The largest absolute Gasteiger partial charge is 0.416 e. The van der Waals surface area contributed by atoms with Gasteiger partial charge >= 0.3 is 6.18 Å². The van der Waals surface area contributed by atoms with E-state index in [0.717, 1.165) is 17.8 Å². The molecule has 0 aromatic heterocycles. The first-order valence-corrected chi connectivity index (χ1v) is 5.97. The molecule has 0 aliphatic heterocycles. The predicted octanol–water partition coefficient (Wildman–Crippen LogP) is 3.79. The summed E-state index contributed by atoms with van der Waals surface area (Å²) in [6.07, 6.45) is -3.08. The molecule has 0 radical (unpaired) electrons. The number of thioether (sulfide) groups is 1. The molecule has 0 saturated heterocycles. The molecule has 0 atom stereocenters. The molecule has 0 aliphatic carbocycles. The number of halogens is 4. The van der Waals surface area contributed by atoms with Crippen molar-refractivity contribution in [2.24, 2.45) is 0 Å². The lowest BCUT2D eigenvalue weighted by molar-refractivity contribution is -0.137. The normalized spacial score (nSPS) is 12.9. The number of benzene rings is 1. The SMILES string of the molecule is CSc1cc(C(F)(F)F)cc(C(C)(C)O)c1F. The van der Waals surface area contributed by atoms with Crippen LogP contribution in [0.25, 0.3) is 0 Å². The second kappa shape index (κ2) is 4.49. The molecule has 0 amide bonds. The van der Waals surface area contributed by atoms with Gasteiger partial charge in [0.15, 0.2) is 0 Å². The fraction of sp³-hybridized carbons (Fsp3) is 0.455. The summed E-state index contributed by atoms with van der Waals surface area (Å²) in [6.45, 7) is 2.49. The van der Waals surface area contributed by atoms with Crippen LogP contribution in [0, 0.1) is 5.82 Å². The van der Waals surface area contributed by atoms with Crippen LogP contribution in [0.1, 0.15) is 25.0 Å². The molecule has 96 valence electrons. The van der Waals surface area contributed by atoms with E-state index in [1.165, 1.54) is 20.1 Å². The summed E-state index contributed by atoms with van der Waals surface area (Å²) in [5, 5.41) is 9.66. The zero-order valence-corrected chi connectivity index (χ0v) is 10.3. The van der Waals surface area contributed by atoms with Gasteiger partial charge in [-0.1, -0.05) is 0 Å². The van der Waals surface area contributed by atoms with Gasteiger partial charge in [-0.15, -0.1) is 11.8 Å². The lowest BCUT2D eigenvalue weighted by Crippen LogP contribution is -2.20. The minimum Gasteiger partial charge on any atom is -0.386 e. The van der Waals surface area contributed by atoms with Crippen molar-refractivity contribution in [3.63, 3.8) is 0 Å². The van der Waals surface area contributed by atoms with Crippen LogP contribution < -0.4 is 0 Å². The van der Waals surface area contributed by atoms with Crippen LogP contribution in [0.5, 0.6) is 0 Å². The van der Waals surface area contributed by atoms with E-state index in [9.17, 15) is 22.7 Å². The van der Waals surface area contributed by atoms with Gasteiger partial charge in [0.25, 0.3) is 0 Å². The van der Waals surface area contributed by atoms with E-state index < -0.39 is 23.2 Å². The van der Waals surface area contributed by atoms with E-state index in [4.69, 9.17) is 0 Å². The summed E-state index contributed by atoms with van der Waals surface area (Å²) in [5.41, 5.74) is -2.97. The van der Waals surface area contributed by atoms with E-state index in [1.54, 1.807) is 0 Å². The first kappa shape index (κ1) is 14.3. The molecule has 1 aromatic rings. The van der Waals surface area contributed by atoms with Crippen molar-refractivity contribution in [2.75, 3.05) is 6.26 Å². The topological polar surface area (TPSA) is 20.2 Å². The minimum absolute atomic E-state index is 0.128. The zero-order valence-electron chi connectivity index (χ0n) is 9.52. The average molecular weight is 268 g/mol. The number of alkyl halides is 3. The molecule has 0 bridgehead atoms. The van der Waals surface area contributed by atoms with Gasteiger partial charge in [-0.25, -0.2) is 4.39 Å². The molecule has 0 aliphatic rings. The Morgan fingerprint density at radius 2 is 1.71 bits per heavy atom. The number of rotatable bonds is 2. The van der Waals surface area contributed by atoms with Crippen LogP contribution >= 0.6 is 11.8 Å². The highest BCUT2D eigenvalue weighted by Gasteiger charge is 2.34. The smallest absolute Gasteiger partial charge is 0.386 e. The average Bonchev–Trinajstić information content (AvgIpc) is 2.14. The van der Waals surface area contributed by atoms with Gasteiger partial charge in [0.1, 0.15) is 5.82 Å². The molecular weight excluding hydrogens is 256 g/mol. The Bertz CT molecular complexity index is 421. The molecule has 17 heavy (non-hydrogen) atoms. The van der Waals surface area contributed by atoms with Gasteiger partial charge in [0.2, 0.25) is 0 Å². The Kier molecular flexibility index (Phi) is 3.78. The van der Waals surface area contributed by atoms with Gasteiger partial charge < -0.3 is 5.11 Å². The third-order valence-electron chi connectivity index (χ3n) is 2.25.